The molecule has 5 nitrogen and oxygen atoms in total. The molecule has 0 aliphatic carbocycles. The first kappa shape index (κ1) is 20.2. The number of H-pyrrole nitrogens is 1. The summed E-state index contributed by atoms with van der Waals surface area (Å²) in [7, 11) is 1.64. The lowest BCUT2D eigenvalue weighted by Gasteiger charge is -2.05. The molecular weight excluding hydrogens is 418 g/mol. The van der Waals surface area contributed by atoms with Gasteiger partial charge < -0.3 is 4.74 Å². The molecule has 3 aromatic carbocycles. The minimum atomic E-state index is -0.0895. The van der Waals surface area contributed by atoms with Gasteiger partial charge in [0.2, 0.25) is 0 Å². The van der Waals surface area contributed by atoms with Gasteiger partial charge in [0.1, 0.15) is 5.75 Å². The summed E-state index contributed by atoms with van der Waals surface area (Å²) in [5.41, 5.74) is 4.11. The van der Waals surface area contributed by atoms with E-state index in [1.807, 2.05) is 48.7 Å². The summed E-state index contributed by atoms with van der Waals surface area (Å²) in [5, 5.41) is 3.07. The zero-order chi connectivity index (χ0) is 21.9. The van der Waals surface area contributed by atoms with E-state index in [0.717, 1.165) is 27.3 Å². The maximum Gasteiger partial charge on any atom is 0.276 e. The third kappa shape index (κ3) is 4.05. The fraction of sp³-hybridized carbons (Fsp3) is 0.0769. The quantitative estimate of drug-likeness (QED) is 0.383. The molecule has 2 heterocycles. The van der Waals surface area contributed by atoms with Crippen LogP contribution in [0.1, 0.15) is 11.1 Å². The third-order valence-electron chi connectivity index (χ3n) is 5.31. The van der Waals surface area contributed by atoms with E-state index in [1.165, 1.54) is 9.41 Å². The van der Waals surface area contributed by atoms with Crippen molar-refractivity contribution in [2.24, 2.45) is 0 Å². The predicted molar refractivity (Wildman–Crippen MR) is 128 cm³/mol. The molecule has 158 valence electrons. The Morgan fingerprint density at radius 1 is 0.938 bits per heavy atom. The highest BCUT2D eigenvalue weighted by Gasteiger charge is 2.12. The number of nitrogens with zero attached hydrogens (tertiary/aromatic N) is 2. The number of nitrogens with one attached hydrogen (secondary N) is 1. The number of hydrogen-bond acceptors (Lipinski definition) is 4. The fourth-order valence-corrected chi connectivity index (χ4v) is 4.46. The maximum absolute atomic E-state index is 13.0. The first-order valence-electron chi connectivity index (χ1n) is 10.3. The molecule has 5 rings (SSSR count). The van der Waals surface area contributed by atoms with Gasteiger partial charge in [-0.2, -0.15) is 0 Å². The smallest absolute Gasteiger partial charge is 0.276 e. The number of benzene rings is 3. The first-order chi connectivity index (χ1) is 15.7. The summed E-state index contributed by atoms with van der Waals surface area (Å²) in [6.45, 7) is 0. The Morgan fingerprint density at radius 2 is 1.66 bits per heavy atom. The number of hydrogen-bond donors (Lipinski definition) is 1. The van der Waals surface area contributed by atoms with Gasteiger partial charge in [-0.1, -0.05) is 54.2 Å². The molecule has 0 atom stereocenters. The summed E-state index contributed by atoms with van der Waals surface area (Å²) >= 11 is 1.72. The molecule has 1 N–H and O–H groups in total. The molecule has 0 aliphatic rings. The van der Waals surface area contributed by atoms with E-state index in [0.29, 0.717) is 17.6 Å². The van der Waals surface area contributed by atoms with Crippen LogP contribution in [0.4, 0.5) is 0 Å². The topological polar surface area (TPSA) is 59.4 Å². The van der Waals surface area contributed by atoms with Crippen molar-refractivity contribution in [3.63, 3.8) is 0 Å². The lowest BCUT2D eigenvalue weighted by atomic mass is 10.1. The molecule has 0 saturated heterocycles. The second kappa shape index (κ2) is 8.77. The summed E-state index contributed by atoms with van der Waals surface area (Å²) in [6.07, 6.45) is 4.03. The van der Waals surface area contributed by atoms with Gasteiger partial charge in [0, 0.05) is 39.7 Å². The van der Waals surface area contributed by atoms with Crippen molar-refractivity contribution in [1.29, 1.82) is 0 Å². The molecule has 32 heavy (non-hydrogen) atoms. The Bertz CT molecular complexity index is 1410. The molecule has 0 bridgehead atoms. The van der Waals surface area contributed by atoms with Crippen LogP contribution in [0.15, 0.2) is 106 Å². The Kier molecular flexibility index (Phi) is 5.52. The second-order valence-electron chi connectivity index (χ2n) is 7.40. The SMILES string of the molecule is COc1ccc(Cc2cnc3c(-c4ccc(Sc5ccccc5)cc4)c[nH]n3c2=O)cc1. The number of rotatable bonds is 6. The number of methoxy groups -OCH3 is 1. The van der Waals surface area contributed by atoms with E-state index in [9.17, 15) is 4.79 Å². The molecule has 5 aromatic rings. The lowest BCUT2D eigenvalue weighted by Crippen LogP contribution is -2.19. The van der Waals surface area contributed by atoms with E-state index in [1.54, 1.807) is 25.1 Å². The van der Waals surface area contributed by atoms with Crippen LogP contribution in [0.3, 0.4) is 0 Å². The van der Waals surface area contributed by atoms with Gasteiger partial charge in [-0.3, -0.25) is 9.89 Å². The van der Waals surface area contributed by atoms with Gasteiger partial charge in [-0.05, 0) is 47.5 Å². The molecule has 0 radical (unpaired) electrons. The van der Waals surface area contributed by atoms with Crippen LogP contribution in [0.2, 0.25) is 0 Å². The van der Waals surface area contributed by atoms with Gasteiger partial charge in [-0.25, -0.2) is 9.50 Å². The largest absolute Gasteiger partial charge is 0.497 e. The van der Waals surface area contributed by atoms with E-state index in [2.05, 4.69) is 46.5 Å². The number of aromatic amines is 1. The average molecular weight is 440 g/mol. The second-order valence-corrected chi connectivity index (χ2v) is 8.55. The van der Waals surface area contributed by atoms with E-state index in [-0.39, 0.29) is 5.56 Å². The molecule has 0 saturated carbocycles. The van der Waals surface area contributed by atoms with Crippen molar-refractivity contribution in [3.8, 4) is 16.9 Å². The molecule has 0 amide bonds. The summed E-state index contributed by atoms with van der Waals surface area (Å²) < 4.78 is 6.71. The standard InChI is InChI=1S/C26H21N3O2S/c1-31-21-11-7-18(8-12-21)15-20-16-27-25-24(17-28-29(25)26(20)30)19-9-13-23(14-10-19)32-22-5-3-2-4-6-22/h2-14,16-17,28H,15H2,1H3. The highest BCUT2D eigenvalue weighted by Crippen LogP contribution is 2.30. The Balaban J connectivity index is 1.40. The minimum absolute atomic E-state index is 0.0895. The zero-order valence-corrected chi connectivity index (χ0v) is 18.3. The minimum Gasteiger partial charge on any atom is -0.497 e. The lowest BCUT2D eigenvalue weighted by molar-refractivity contribution is 0.414. The van der Waals surface area contributed by atoms with Crippen molar-refractivity contribution >= 4 is 17.4 Å². The highest BCUT2D eigenvalue weighted by molar-refractivity contribution is 7.99. The monoisotopic (exact) mass is 439 g/mol. The molecule has 2 aromatic heterocycles. The molecular formula is C26H21N3O2S. The number of aromatic nitrogens is 3. The van der Waals surface area contributed by atoms with Crippen molar-refractivity contribution in [2.45, 2.75) is 16.2 Å². The van der Waals surface area contributed by atoms with Crippen LogP contribution in [0.25, 0.3) is 16.8 Å². The molecule has 0 aliphatic heterocycles. The van der Waals surface area contributed by atoms with Crippen molar-refractivity contribution < 1.29 is 4.74 Å². The van der Waals surface area contributed by atoms with E-state index >= 15 is 0 Å². The van der Waals surface area contributed by atoms with Crippen LogP contribution in [0.5, 0.6) is 5.75 Å². The average Bonchev–Trinajstić information content (AvgIpc) is 3.27. The van der Waals surface area contributed by atoms with Crippen LogP contribution in [-0.4, -0.2) is 21.7 Å². The summed E-state index contributed by atoms with van der Waals surface area (Å²) in [5.74, 6) is 0.793. The van der Waals surface area contributed by atoms with Crippen LogP contribution in [0, 0.1) is 0 Å². The molecule has 0 spiro atoms. The van der Waals surface area contributed by atoms with E-state index in [4.69, 9.17) is 4.74 Å². The van der Waals surface area contributed by atoms with Gasteiger partial charge in [0.25, 0.3) is 5.56 Å². The van der Waals surface area contributed by atoms with Crippen molar-refractivity contribution in [2.75, 3.05) is 7.11 Å². The van der Waals surface area contributed by atoms with Gasteiger partial charge in [0.15, 0.2) is 5.65 Å². The summed E-state index contributed by atoms with van der Waals surface area (Å²) in [6, 6.07) is 26.3. The number of fused-ring (bicyclic) bond motifs is 1. The molecule has 0 unspecified atom stereocenters. The summed E-state index contributed by atoms with van der Waals surface area (Å²) in [4.78, 5) is 20.0. The molecule has 6 heteroatoms. The Hall–Kier alpha value is -3.77. The van der Waals surface area contributed by atoms with Gasteiger partial charge >= 0.3 is 0 Å². The third-order valence-corrected chi connectivity index (χ3v) is 6.32. The van der Waals surface area contributed by atoms with Crippen molar-refractivity contribution in [3.05, 3.63) is 113 Å². The van der Waals surface area contributed by atoms with Crippen LogP contribution < -0.4 is 10.3 Å². The number of ether oxygens (including phenoxy) is 1. The fourth-order valence-electron chi connectivity index (χ4n) is 3.62. The first-order valence-corrected chi connectivity index (χ1v) is 11.1. The highest BCUT2D eigenvalue weighted by atomic mass is 32.2. The normalized spacial score (nSPS) is 11.0. The predicted octanol–water partition coefficient (Wildman–Crippen LogP) is 5.44. The zero-order valence-electron chi connectivity index (χ0n) is 17.5. The van der Waals surface area contributed by atoms with Crippen LogP contribution >= 0.6 is 11.8 Å². The molecule has 0 fully saturated rings. The Labute approximate surface area is 189 Å². The maximum atomic E-state index is 13.0. The van der Waals surface area contributed by atoms with E-state index < -0.39 is 0 Å². The van der Waals surface area contributed by atoms with Gasteiger partial charge in [-0.15, -0.1) is 0 Å². The van der Waals surface area contributed by atoms with Crippen molar-refractivity contribution in [1.82, 2.24) is 14.6 Å². The Morgan fingerprint density at radius 3 is 2.38 bits per heavy atom. The van der Waals surface area contributed by atoms with Crippen LogP contribution in [-0.2, 0) is 6.42 Å². The van der Waals surface area contributed by atoms with Gasteiger partial charge in [0.05, 0.1) is 7.11 Å².